The summed E-state index contributed by atoms with van der Waals surface area (Å²) in [6.45, 7) is 3.48. The number of hydrogen-bond acceptors (Lipinski definition) is 3. The van der Waals surface area contributed by atoms with Crippen molar-refractivity contribution in [1.82, 2.24) is 9.80 Å². The van der Waals surface area contributed by atoms with Gasteiger partial charge in [-0.05, 0) is 41.8 Å². The van der Waals surface area contributed by atoms with Crippen molar-refractivity contribution in [3.63, 3.8) is 0 Å². The Labute approximate surface area is 205 Å². The lowest BCUT2D eigenvalue weighted by Crippen LogP contribution is -2.50. The van der Waals surface area contributed by atoms with Gasteiger partial charge in [-0.25, -0.2) is 0 Å². The molecule has 1 atom stereocenters. The molecule has 0 radical (unpaired) electrons. The minimum absolute atomic E-state index is 0.00213. The second-order valence-electron chi connectivity index (χ2n) is 8.86. The second-order valence-corrected chi connectivity index (χ2v) is 9.30. The van der Waals surface area contributed by atoms with E-state index in [0.29, 0.717) is 31.6 Å². The Kier molecular flexibility index (Phi) is 6.66. The lowest BCUT2D eigenvalue weighted by atomic mass is 9.96. The molecule has 2 aliphatic rings. The van der Waals surface area contributed by atoms with Gasteiger partial charge in [-0.2, -0.15) is 0 Å². The number of amides is 2. The van der Waals surface area contributed by atoms with Crippen LogP contribution in [0.4, 0.5) is 5.69 Å². The summed E-state index contributed by atoms with van der Waals surface area (Å²) in [6.07, 6.45) is 1.39. The lowest BCUT2D eigenvalue weighted by Gasteiger charge is -2.40. The van der Waals surface area contributed by atoms with Crippen LogP contribution in [0.1, 0.15) is 40.4 Å². The smallest absolute Gasteiger partial charge is 0.256 e. The largest absolute Gasteiger partial charge is 0.336 e. The van der Waals surface area contributed by atoms with E-state index in [1.54, 1.807) is 4.90 Å². The third kappa shape index (κ3) is 4.59. The highest BCUT2D eigenvalue weighted by molar-refractivity contribution is 6.30. The summed E-state index contributed by atoms with van der Waals surface area (Å²) in [5.74, 6) is 0.0939. The predicted molar refractivity (Wildman–Crippen MR) is 135 cm³/mol. The first kappa shape index (κ1) is 22.6. The molecule has 34 heavy (non-hydrogen) atoms. The van der Waals surface area contributed by atoms with Crippen LogP contribution in [-0.4, -0.2) is 54.3 Å². The Balaban J connectivity index is 1.34. The molecule has 0 bridgehead atoms. The van der Waals surface area contributed by atoms with Crippen LogP contribution in [0.5, 0.6) is 0 Å². The summed E-state index contributed by atoms with van der Waals surface area (Å²) in [7, 11) is 0. The zero-order valence-electron chi connectivity index (χ0n) is 19.1. The average molecular weight is 474 g/mol. The van der Waals surface area contributed by atoms with Gasteiger partial charge in [0.15, 0.2) is 0 Å². The number of halogens is 1. The van der Waals surface area contributed by atoms with Gasteiger partial charge >= 0.3 is 0 Å². The van der Waals surface area contributed by atoms with Gasteiger partial charge in [-0.1, -0.05) is 66.2 Å². The molecule has 0 aliphatic carbocycles. The maximum absolute atomic E-state index is 13.5. The van der Waals surface area contributed by atoms with E-state index in [1.165, 1.54) is 11.1 Å². The topological polar surface area (TPSA) is 43.9 Å². The summed E-state index contributed by atoms with van der Waals surface area (Å²) >= 11 is 6.15. The Hall–Kier alpha value is -3.15. The van der Waals surface area contributed by atoms with Crippen LogP contribution in [0.2, 0.25) is 5.02 Å². The molecule has 3 aromatic rings. The van der Waals surface area contributed by atoms with Gasteiger partial charge in [-0.3, -0.25) is 14.5 Å². The average Bonchev–Trinajstić information content (AvgIpc) is 3.31. The summed E-state index contributed by atoms with van der Waals surface area (Å²) < 4.78 is 0. The normalized spacial score (nSPS) is 17.7. The monoisotopic (exact) mass is 473 g/mol. The van der Waals surface area contributed by atoms with E-state index in [2.05, 4.69) is 41.3 Å². The Bertz CT molecular complexity index is 1160. The number of anilines is 1. The molecular weight excluding hydrogens is 446 g/mol. The molecule has 174 valence electrons. The van der Waals surface area contributed by atoms with Gasteiger partial charge in [-0.15, -0.1) is 0 Å². The third-order valence-corrected chi connectivity index (χ3v) is 7.02. The minimum Gasteiger partial charge on any atom is -0.336 e. The summed E-state index contributed by atoms with van der Waals surface area (Å²) in [5, 5.41) is 0.723. The number of carbonyl (C=O) groups excluding carboxylic acids is 2. The number of carbonyl (C=O) groups is 2. The molecule has 0 spiro atoms. The molecule has 0 aromatic heterocycles. The highest BCUT2D eigenvalue weighted by Gasteiger charge is 2.31. The third-order valence-electron chi connectivity index (χ3n) is 6.77. The van der Waals surface area contributed by atoms with Gasteiger partial charge in [0.05, 0.1) is 17.3 Å². The van der Waals surface area contributed by atoms with E-state index in [-0.39, 0.29) is 17.9 Å². The zero-order valence-corrected chi connectivity index (χ0v) is 19.8. The van der Waals surface area contributed by atoms with Crippen molar-refractivity contribution in [3.05, 3.63) is 101 Å². The fourth-order valence-corrected chi connectivity index (χ4v) is 5.17. The molecule has 3 aromatic carbocycles. The standard InChI is InChI=1S/C28H28ClN3O2/c29-23-14-12-22(13-15-23)27(21-7-2-1-3-8-21)30-17-19-31(20-18-30)28(34)24-9-4-5-10-25(24)32-16-6-11-26(32)33/h1-5,7-10,12-15,27H,6,11,16-20H2/t27-/m1/s1. The number of piperazine rings is 1. The maximum atomic E-state index is 13.5. The molecule has 2 aliphatic heterocycles. The van der Waals surface area contributed by atoms with E-state index in [9.17, 15) is 9.59 Å². The van der Waals surface area contributed by atoms with Crippen LogP contribution in [0.15, 0.2) is 78.9 Å². The maximum Gasteiger partial charge on any atom is 0.256 e. The Morgan fingerprint density at radius 1 is 0.765 bits per heavy atom. The van der Waals surface area contributed by atoms with Crippen molar-refractivity contribution < 1.29 is 9.59 Å². The van der Waals surface area contributed by atoms with E-state index in [4.69, 9.17) is 11.6 Å². The molecule has 2 heterocycles. The number of para-hydroxylation sites is 1. The predicted octanol–water partition coefficient (Wildman–Crippen LogP) is 5.01. The van der Waals surface area contributed by atoms with Gasteiger partial charge in [0, 0.05) is 44.2 Å². The fraction of sp³-hybridized carbons (Fsp3) is 0.286. The van der Waals surface area contributed by atoms with E-state index in [1.807, 2.05) is 47.4 Å². The number of benzene rings is 3. The number of nitrogens with zero attached hydrogens (tertiary/aromatic N) is 3. The Morgan fingerprint density at radius 3 is 2.09 bits per heavy atom. The van der Waals surface area contributed by atoms with Crippen molar-refractivity contribution in [2.45, 2.75) is 18.9 Å². The summed E-state index contributed by atoms with van der Waals surface area (Å²) in [6, 6.07) is 26.1. The fourth-order valence-electron chi connectivity index (χ4n) is 5.04. The molecule has 5 rings (SSSR count). The SMILES string of the molecule is O=C(c1ccccc1N1CCCC1=O)N1CCN([C@H](c2ccccc2)c2ccc(Cl)cc2)CC1. The van der Waals surface area contributed by atoms with Gasteiger partial charge in [0.1, 0.15) is 0 Å². The molecule has 0 saturated carbocycles. The molecule has 0 unspecified atom stereocenters. The molecular formula is C28H28ClN3O2. The van der Waals surface area contributed by atoms with E-state index >= 15 is 0 Å². The van der Waals surface area contributed by atoms with Gasteiger partial charge < -0.3 is 9.80 Å². The zero-order chi connectivity index (χ0) is 23.5. The van der Waals surface area contributed by atoms with Crippen LogP contribution >= 0.6 is 11.6 Å². The highest BCUT2D eigenvalue weighted by Crippen LogP contribution is 2.31. The second kappa shape index (κ2) is 10.00. The van der Waals surface area contributed by atoms with Gasteiger partial charge in [0.25, 0.3) is 5.91 Å². The first-order valence-electron chi connectivity index (χ1n) is 11.8. The summed E-state index contributed by atoms with van der Waals surface area (Å²) in [5.41, 5.74) is 3.76. The highest BCUT2D eigenvalue weighted by atomic mass is 35.5. The molecule has 2 fully saturated rings. The molecule has 6 heteroatoms. The molecule has 2 amide bonds. The molecule has 2 saturated heterocycles. The van der Waals surface area contributed by atoms with Crippen molar-refractivity contribution in [1.29, 1.82) is 0 Å². The van der Waals surface area contributed by atoms with Gasteiger partial charge in [0.2, 0.25) is 5.91 Å². The van der Waals surface area contributed by atoms with Crippen LogP contribution in [0, 0.1) is 0 Å². The number of rotatable bonds is 5. The quantitative estimate of drug-likeness (QED) is 0.523. The first-order valence-corrected chi connectivity index (χ1v) is 12.2. The van der Waals surface area contributed by atoms with Crippen LogP contribution in [0.3, 0.4) is 0 Å². The van der Waals surface area contributed by atoms with Crippen molar-refractivity contribution in [2.24, 2.45) is 0 Å². The van der Waals surface area contributed by atoms with E-state index < -0.39 is 0 Å². The van der Waals surface area contributed by atoms with Crippen LogP contribution in [-0.2, 0) is 4.79 Å². The van der Waals surface area contributed by atoms with Crippen molar-refractivity contribution in [3.8, 4) is 0 Å². The summed E-state index contributed by atoms with van der Waals surface area (Å²) in [4.78, 5) is 31.9. The van der Waals surface area contributed by atoms with Crippen LogP contribution in [0.25, 0.3) is 0 Å². The van der Waals surface area contributed by atoms with Crippen LogP contribution < -0.4 is 4.90 Å². The lowest BCUT2D eigenvalue weighted by molar-refractivity contribution is -0.117. The number of hydrogen-bond donors (Lipinski definition) is 0. The van der Waals surface area contributed by atoms with Crippen molar-refractivity contribution in [2.75, 3.05) is 37.6 Å². The van der Waals surface area contributed by atoms with Crippen molar-refractivity contribution >= 4 is 29.1 Å². The molecule has 5 nitrogen and oxygen atoms in total. The molecule has 0 N–H and O–H groups in total. The van der Waals surface area contributed by atoms with E-state index in [0.717, 1.165) is 30.2 Å². The minimum atomic E-state index is -0.00213. The first-order chi connectivity index (χ1) is 16.6. The Morgan fingerprint density at radius 2 is 1.41 bits per heavy atom.